The third kappa shape index (κ3) is 4.97. The van der Waals surface area contributed by atoms with Crippen molar-refractivity contribution in [1.82, 2.24) is 5.32 Å². The number of hydrogen-bond acceptors (Lipinski definition) is 2. The molecule has 1 aliphatic carbocycles. The number of ether oxygens (including phenoxy) is 1. The van der Waals surface area contributed by atoms with Crippen molar-refractivity contribution in [3.05, 3.63) is 0 Å². The SMILES string of the molecule is CCC(CC1CC1)NCC(C)COC. The quantitative estimate of drug-likeness (QED) is 0.648. The first-order valence-electron chi connectivity index (χ1n) is 5.98. The van der Waals surface area contributed by atoms with Crippen LogP contribution in [0, 0.1) is 11.8 Å². The van der Waals surface area contributed by atoms with Gasteiger partial charge in [0.25, 0.3) is 0 Å². The van der Waals surface area contributed by atoms with E-state index in [1.54, 1.807) is 7.11 Å². The molecule has 0 radical (unpaired) electrons. The van der Waals surface area contributed by atoms with Crippen molar-refractivity contribution in [2.45, 2.75) is 45.6 Å². The summed E-state index contributed by atoms with van der Waals surface area (Å²) in [6, 6.07) is 0.738. The highest BCUT2D eigenvalue weighted by molar-refractivity contribution is 4.79. The van der Waals surface area contributed by atoms with Gasteiger partial charge in [-0.3, -0.25) is 0 Å². The summed E-state index contributed by atoms with van der Waals surface area (Å²) in [4.78, 5) is 0. The Hall–Kier alpha value is -0.0800. The summed E-state index contributed by atoms with van der Waals surface area (Å²) in [5, 5.41) is 3.65. The summed E-state index contributed by atoms with van der Waals surface area (Å²) >= 11 is 0. The molecule has 1 N–H and O–H groups in total. The lowest BCUT2D eigenvalue weighted by Gasteiger charge is -2.19. The molecular weight excluding hydrogens is 174 g/mol. The largest absolute Gasteiger partial charge is 0.384 e. The van der Waals surface area contributed by atoms with Gasteiger partial charge in [-0.05, 0) is 24.7 Å². The van der Waals surface area contributed by atoms with Crippen LogP contribution in [-0.2, 0) is 4.74 Å². The van der Waals surface area contributed by atoms with Gasteiger partial charge >= 0.3 is 0 Å². The standard InChI is InChI=1S/C12H25NO/c1-4-12(7-11-5-6-11)13-8-10(2)9-14-3/h10-13H,4-9H2,1-3H3. The molecule has 2 atom stereocenters. The minimum Gasteiger partial charge on any atom is -0.384 e. The molecule has 0 bridgehead atoms. The van der Waals surface area contributed by atoms with Crippen LogP contribution in [-0.4, -0.2) is 26.3 Å². The molecule has 2 heteroatoms. The van der Waals surface area contributed by atoms with Gasteiger partial charge in [0.15, 0.2) is 0 Å². The molecule has 1 saturated carbocycles. The Morgan fingerprint density at radius 3 is 2.64 bits per heavy atom. The van der Waals surface area contributed by atoms with Crippen LogP contribution in [0.4, 0.5) is 0 Å². The van der Waals surface area contributed by atoms with Crippen molar-refractivity contribution in [2.75, 3.05) is 20.3 Å². The molecule has 0 aliphatic heterocycles. The second-order valence-corrected chi connectivity index (χ2v) is 4.75. The molecule has 0 saturated heterocycles. The molecule has 14 heavy (non-hydrogen) atoms. The number of rotatable bonds is 8. The fourth-order valence-electron chi connectivity index (χ4n) is 1.86. The maximum absolute atomic E-state index is 5.12. The molecule has 2 nitrogen and oxygen atoms in total. The predicted octanol–water partition coefficient (Wildman–Crippen LogP) is 2.44. The third-order valence-corrected chi connectivity index (χ3v) is 3.01. The molecular formula is C12H25NO. The van der Waals surface area contributed by atoms with E-state index in [-0.39, 0.29) is 0 Å². The van der Waals surface area contributed by atoms with Gasteiger partial charge in [-0.2, -0.15) is 0 Å². The van der Waals surface area contributed by atoms with E-state index < -0.39 is 0 Å². The van der Waals surface area contributed by atoms with Crippen LogP contribution in [0.25, 0.3) is 0 Å². The van der Waals surface area contributed by atoms with Crippen molar-refractivity contribution in [1.29, 1.82) is 0 Å². The van der Waals surface area contributed by atoms with E-state index in [2.05, 4.69) is 19.2 Å². The van der Waals surface area contributed by atoms with E-state index >= 15 is 0 Å². The Morgan fingerprint density at radius 2 is 2.14 bits per heavy atom. The van der Waals surface area contributed by atoms with Crippen LogP contribution in [0.15, 0.2) is 0 Å². The molecule has 0 aromatic carbocycles. The smallest absolute Gasteiger partial charge is 0.0499 e. The van der Waals surface area contributed by atoms with Crippen LogP contribution in [0.1, 0.15) is 39.5 Å². The Morgan fingerprint density at radius 1 is 1.43 bits per heavy atom. The first kappa shape index (κ1) is 12.0. The zero-order valence-electron chi connectivity index (χ0n) is 9.88. The zero-order valence-corrected chi connectivity index (χ0v) is 9.88. The Balaban J connectivity index is 2.06. The number of nitrogens with one attached hydrogen (secondary N) is 1. The molecule has 0 spiro atoms. The molecule has 1 fully saturated rings. The Kier molecular flexibility index (Phi) is 5.49. The van der Waals surface area contributed by atoms with Crippen molar-refractivity contribution in [3.8, 4) is 0 Å². The van der Waals surface area contributed by atoms with Crippen LogP contribution in [0.3, 0.4) is 0 Å². The fraction of sp³-hybridized carbons (Fsp3) is 1.00. The first-order chi connectivity index (χ1) is 6.76. The molecule has 0 heterocycles. The van der Waals surface area contributed by atoms with E-state index in [0.717, 1.165) is 25.1 Å². The molecule has 1 aliphatic rings. The van der Waals surface area contributed by atoms with Gasteiger partial charge < -0.3 is 10.1 Å². The average Bonchev–Trinajstić information content (AvgIpc) is 2.96. The zero-order chi connectivity index (χ0) is 10.4. The second-order valence-electron chi connectivity index (χ2n) is 4.75. The lowest BCUT2D eigenvalue weighted by atomic mass is 10.1. The number of methoxy groups -OCH3 is 1. The third-order valence-electron chi connectivity index (χ3n) is 3.01. The van der Waals surface area contributed by atoms with E-state index in [1.807, 2.05) is 0 Å². The number of hydrogen-bond donors (Lipinski definition) is 1. The van der Waals surface area contributed by atoms with Crippen LogP contribution < -0.4 is 5.32 Å². The van der Waals surface area contributed by atoms with Gasteiger partial charge in [0.1, 0.15) is 0 Å². The molecule has 1 rings (SSSR count). The Labute approximate surface area is 88.4 Å². The van der Waals surface area contributed by atoms with Crippen LogP contribution in [0.2, 0.25) is 0 Å². The van der Waals surface area contributed by atoms with Gasteiger partial charge in [-0.25, -0.2) is 0 Å². The van der Waals surface area contributed by atoms with E-state index in [1.165, 1.54) is 25.7 Å². The van der Waals surface area contributed by atoms with Gasteiger partial charge in [0.2, 0.25) is 0 Å². The summed E-state index contributed by atoms with van der Waals surface area (Å²) in [5.41, 5.74) is 0. The van der Waals surface area contributed by atoms with Gasteiger partial charge in [-0.15, -0.1) is 0 Å². The highest BCUT2D eigenvalue weighted by Gasteiger charge is 2.24. The van der Waals surface area contributed by atoms with E-state index in [4.69, 9.17) is 4.74 Å². The second kappa shape index (κ2) is 6.41. The maximum Gasteiger partial charge on any atom is 0.0499 e. The van der Waals surface area contributed by atoms with Gasteiger partial charge in [-0.1, -0.05) is 26.7 Å². The maximum atomic E-state index is 5.12. The van der Waals surface area contributed by atoms with Crippen molar-refractivity contribution in [3.63, 3.8) is 0 Å². The van der Waals surface area contributed by atoms with Crippen LogP contribution in [0.5, 0.6) is 0 Å². The summed E-state index contributed by atoms with van der Waals surface area (Å²) in [7, 11) is 1.78. The highest BCUT2D eigenvalue weighted by atomic mass is 16.5. The van der Waals surface area contributed by atoms with E-state index in [0.29, 0.717) is 5.92 Å². The molecule has 0 aromatic rings. The lowest BCUT2D eigenvalue weighted by Crippen LogP contribution is -2.33. The van der Waals surface area contributed by atoms with E-state index in [9.17, 15) is 0 Å². The monoisotopic (exact) mass is 199 g/mol. The molecule has 0 aromatic heterocycles. The predicted molar refractivity (Wildman–Crippen MR) is 60.5 cm³/mol. The van der Waals surface area contributed by atoms with Crippen molar-refractivity contribution in [2.24, 2.45) is 11.8 Å². The first-order valence-corrected chi connectivity index (χ1v) is 5.98. The lowest BCUT2D eigenvalue weighted by molar-refractivity contribution is 0.156. The van der Waals surface area contributed by atoms with Crippen molar-refractivity contribution < 1.29 is 4.74 Å². The topological polar surface area (TPSA) is 21.3 Å². The molecule has 84 valence electrons. The van der Waals surface area contributed by atoms with Crippen molar-refractivity contribution >= 4 is 0 Å². The minimum absolute atomic E-state index is 0.633. The Bertz CT molecular complexity index is 145. The summed E-state index contributed by atoms with van der Waals surface area (Å²) in [5.74, 6) is 1.67. The molecule has 0 amide bonds. The van der Waals surface area contributed by atoms with Gasteiger partial charge in [0.05, 0.1) is 0 Å². The normalized spacial score (nSPS) is 20.8. The summed E-state index contributed by atoms with van der Waals surface area (Å²) in [6.45, 7) is 6.48. The summed E-state index contributed by atoms with van der Waals surface area (Å²) in [6.07, 6.45) is 5.57. The summed E-state index contributed by atoms with van der Waals surface area (Å²) < 4.78 is 5.12. The van der Waals surface area contributed by atoms with Gasteiger partial charge in [0, 0.05) is 26.3 Å². The minimum atomic E-state index is 0.633. The fourth-order valence-corrected chi connectivity index (χ4v) is 1.86. The highest BCUT2D eigenvalue weighted by Crippen LogP contribution is 2.33. The van der Waals surface area contributed by atoms with Crippen LogP contribution >= 0.6 is 0 Å². The molecule has 2 unspecified atom stereocenters. The average molecular weight is 199 g/mol.